The van der Waals surface area contributed by atoms with E-state index >= 15 is 0 Å². The van der Waals surface area contributed by atoms with Crippen LogP contribution in [0, 0.1) is 0 Å². The Labute approximate surface area is 432 Å². The smallest absolute Gasteiger partial charge is 0.338 e. The first-order valence-corrected chi connectivity index (χ1v) is 24.7. The predicted octanol–water partition coefficient (Wildman–Crippen LogP) is 10.5. The Bertz CT molecular complexity index is 2360. The Balaban J connectivity index is 0.000000391. The number of hydrogen-bond donors (Lipinski definition) is 2. The van der Waals surface area contributed by atoms with E-state index in [1.165, 1.54) is 38.5 Å². The molecule has 0 saturated carbocycles. The molecule has 4 aromatic carbocycles. The molecule has 4 rings (SSSR count). The average Bonchev–Trinajstić information content (AvgIpc) is 3.37. The number of aromatic carboxylic acids is 2. The highest BCUT2D eigenvalue weighted by atomic mass is 16.6. The van der Waals surface area contributed by atoms with Gasteiger partial charge < -0.3 is 76.5 Å². The molecule has 20 nitrogen and oxygen atoms in total. The van der Waals surface area contributed by atoms with Gasteiger partial charge in [-0.3, -0.25) is 0 Å². The quantitative estimate of drug-likeness (QED) is 0.0462. The van der Waals surface area contributed by atoms with Crippen molar-refractivity contribution in [3.05, 3.63) is 46.5 Å². The monoisotopic (exact) mass is 1040 g/mol. The van der Waals surface area contributed by atoms with Gasteiger partial charge in [-0.1, -0.05) is 0 Å². The van der Waals surface area contributed by atoms with E-state index < -0.39 is 23.9 Å². The molecule has 4 aromatic rings. The summed E-state index contributed by atoms with van der Waals surface area (Å²) in [5.74, 6) is -1.85. The largest absolute Gasteiger partial charge is 0.490 e. The minimum absolute atomic E-state index is 0.0257. The van der Waals surface area contributed by atoms with E-state index in [-0.39, 0.29) is 180 Å². The van der Waals surface area contributed by atoms with Gasteiger partial charge in [-0.25, -0.2) is 19.2 Å². The van der Waals surface area contributed by atoms with Crippen molar-refractivity contribution in [1.82, 2.24) is 0 Å². The Morgan fingerprint density at radius 2 is 0.473 bits per heavy atom. The van der Waals surface area contributed by atoms with Crippen molar-refractivity contribution in [3.63, 3.8) is 0 Å². The summed E-state index contributed by atoms with van der Waals surface area (Å²) in [6, 6.07) is 5.61. The fourth-order valence-corrected chi connectivity index (χ4v) is 7.64. The van der Waals surface area contributed by atoms with Gasteiger partial charge in [0, 0.05) is 22.3 Å². The minimum Gasteiger partial charge on any atom is -0.490 e. The Kier molecular flexibility index (Phi) is 24.9. The maximum atomic E-state index is 13.2. The van der Waals surface area contributed by atoms with Crippen molar-refractivity contribution >= 4 is 23.9 Å². The third-order valence-electron chi connectivity index (χ3n) is 10.1. The first-order chi connectivity index (χ1) is 35.7. The van der Waals surface area contributed by atoms with Gasteiger partial charge in [0.05, 0.1) is 116 Å². The summed E-state index contributed by atoms with van der Waals surface area (Å²) in [6.45, 7) is 24.1. The summed E-state index contributed by atoms with van der Waals surface area (Å²) in [5, 5.41) is 20.4. The average molecular weight is 1040 g/mol. The van der Waals surface area contributed by atoms with Crippen LogP contribution in [-0.4, -0.2) is 128 Å². The number of carboxylic acids is 2. The minimum atomic E-state index is -1.32. The summed E-state index contributed by atoms with van der Waals surface area (Å²) in [5.41, 5.74) is 0.00100. The fourth-order valence-electron chi connectivity index (χ4n) is 7.64. The van der Waals surface area contributed by atoms with Crippen LogP contribution in [-0.2, 0) is 9.47 Å². The molecule has 0 bridgehead atoms. The number of hydrogen-bond acceptors (Lipinski definition) is 18. The molecule has 0 fully saturated rings. The number of benzene rings is 4. The maximum absolute atomic E-state index is 13.2. The van der Waals surface area contributed by atoms with Crippen molar-refractivity contribution in [2.75, 3.05) is 93.5 Å². The number of ether oxygens (including phenoxy) is 14. The van der Waals surface area contributed by atoms with Crippen molar-refractivity contribution < 1.29 is 95.7 Å². The molecule has 0 spiro atoms. The van der Waals surface area contributed by atoms with Crippen LogP contribution >= 0.6 is 0 Å². The third kappa shape index (κ3) is 13.9. The first kappa shape index (κ1) is 60.7. The van der Waals surface area contributed by atoms with Crippen LogP contribution in [0.5, 0.6) is 69.0 Å². The van der Waals surface area contributed by atoms with E-state index in [1.807, 2.05) is 27.7 Å². The van der Waals surface area contributed by atoms with Crippen LogP contribution < -0.4 is 56.8 Å². The predicted molar refractivity (Wildman–Crippen MR) is 274 cm³/mol. The van der Waals surface area contributed by atoms with Crippen LogP contribution in [0.15, 0.2) is 24.3 Å². The molecular weight excluding hydrogens is 969 g/mol. The van der Waals surface area contributed by atoms with Crippen molar-refractivity contribution in [2.45, 2.75) is 83.1 Å². The zero-order chi connectivity index (χ0) is 55.1. The molecule has 2 N–H and O–H groups in total. The number of rotatable bonds is 30. The maximum Gasteiger partial charge on any atom is 0.338 e. The summed E-state index contributed by atoms with van der Waals surface area (Å²) in [4.78, 5) is 51.4. The molecule has 0 aliphatic heterocycles. The molecule has 0 radical (unpaired) electrons. The normalized spacial score (nSPS) is 10.5. The molecule has 0 unspecified atom stereocenters. The summed E-state index contributed by atoms with van der Waals surface area (Å²) in [7, 11) is 2.52. The van der Waals surface area contributed by atoms with Gasteiger partial charge in [-0.2, -0.15) is 0 Å². The number of carboxylic acid groups (broad SMARTS) is 2. The number of carbonyl (C=O) groups is 4. The highest BCUT2D eigenvalue weighted by molar-refractivity contribution is 6.09. The van der Waals surface area contributed by atoms with Crippen LogP contribution in [0.3, 0.4) is 0 Å². The number of esters is 2. The van der Waals surface area contributed by atoms with Crippen LogP contribution in [0.2, 0.25) is 0 Å². The lowest BCUT2D eigenvalue weighted by molar-refractivity contribution is 0.0589. The summed E-state index contributed by atoms with van der Waals surface area (Å²) in [6.07, 6.45) is 0. The van der Waals surface area contributed by atoms with Crippen LogP contribution in [0.1, 0.15) is 125 Å². The Hall–Kier alpha value is -7.64. The van der Waals surface area contributed by atoms with Gasteiger partial charge >= 0.3 is 23.9 Å². The zero-order valence-corrected chi connectivity index (χ0v) is 45.0. The molecule has 0 aliphatic rings. The van der Waals surface area contributed by atoms with Crippen molar-refractivity contribution in [2.24, 2.45) is 0 Å². The summed E-state index contributed by atoms with van der Waals surface area (Å²) < 4.78 is 80.8. The van der Waals surface area contributed by atoms with Gasteiger partial charge in [0.2, 0.25) is 23.0 Å². The highest BCUT2D eigenvalue weighted by Gasteiger charge is 2.37. The van der Waals surface area contributed by atoms with Gasteiger partial charge in [-0.05, 0) is 107 Å². The number of carbonyl (C=O) groups excluding carboxylic acids is 2. The molecule has 0 atom stereocenters. The van der Waals surface area contributed by atoms with E-state index in [9.17, 15) is 29.4 Å². The van der Waals surface area contributed by atoms with Crippen molar-refractivity contribution in [3.8, 4) is 91.2 Å². The Morgan fingerprint density at radius 1 is 0.297 bits per heavy atom. The second-order valence-electron chi connectivity index (χ2n) is 14.6. The second kappa shape index (κ2) is 30.4. The van der Waals surface area contributed by atoms with E-state index in [0.717, 1.165) is 0 Å². The topological polar surface area (TPSA) is 238 Å². The lowest BCUT2D eigenvalue weighted by Gasteiger charge is -2.25. The lowest BCUT2D eigenvalue weighted by Crippen LogP contribution is -2.14. The van der Waals surface area contributed by atoms with Gasteiger partial charge in [0.1, 0.15) is 0 Å². The summed E-state index contributed by atoms with van der Waals surface area (Å²) >= 11 is 0. The van der Waals surface area contributed by atoms with Crippen LogP contribution in [0.4, 0.5) is 0 Å². The second-order valence-corrected chi connectivity index (χ2v) is 14.6. The molecule has 20 heteroatoms. The molecule has 0 aliphatic carbocycles. The van der Waals surface area contributed by atoms with E-state index in [0.29, 0.717) is 13.2 Å². The highest BCUT2D eigenvalue weighted by Crippen LogP contribution is 2.57. The van der Waals surface area contributed by atoms with E-state index in [2.05, 4.69) is 0 Å². The van der Waals surface area contributed by atoms with E-state index in [1.54, 1.807) is 55.4 Å². The third-order valence-corrected chi connectivity index (χ3v) is 10.1. The van der Waals surface area contributed by atoms with Gasteiger partial charge in [0.15, 0.2) is 46.0 Å². The Morgan fingerprint density at radius 3 is 0.649 bits per heavy atom. The van der Waals surface area contributed by atoms with E-state index in [4.69, 9.17) is 66.3 Å². The standard InChI is InChI=1S/C28H38O10.C26H34O10/c1-9-33-19-15-17(27(29)31-7)21(25(37-13-5)23(19)35-11-3)22-18(28(30)32-8)16-20(34-10-2)24(36-12-4)26(22)38-14-6;1-7-31-17-13-15(25(27)28)19(23(35-11-5)21(17)33-9-3)20-16(26(29)30)14-18(32-8-2)22(34-10-4)24(20)36-12-6/h15-16H,9-14H2,1-8H3;13-14H,7-12H2,1-6H3,(H,27,28)(H,29,30). The SMILES string of the molecule is CCOc1cc(C(=O)O)c(-c2c(C(=O)O)cc(OCC)c(OCC)c2OCC)c(OCC)c1OCC.CCOc1cc(C(=O)OC)c(-c2c(C(=O)OC)cc(OCC)c(OCC)c2OCC)c(OCC)c1OCC. The van der Waals surface area contributed by atoms with Gasteiger partial charge in [0.25, 0.3) is 0 Å². The fraction of sp³-hybridized carbons (Fsp3) is 0.481. The van der Waals surface area contributed by atoms with Crippen molar-refractivity contribution in [1.29, 1.82) is 0 Å². The molecule has 0 saturated heterocycles. The first-order valence-electron chi connectivity index (χ1n) is 24.7. The lowest BCUT2D eigenvalue weighted by atomic mass is 9.91. The number of methoxy groups -OCH3 is 2. The van der Waals surface area contributed by atoms with Gasteiger partial charge in [-0.15, -0.1) is 0 Å². The molecule has 408 valence electrons. The molecule has 0 heterocycles. The molecule has 0 amide bonds. The zero-order valence-electron chi connectivity index (χ0n) is 45.0. The molecule has 74 heavy (non-hydrogen) atoms. The van der Waals surface area contributed by atoms with Crippen LogP contribution in [0.25, 0.3) is 22.3 Å². The molecular formula is C54H72O20. The molecule has 0 aromatic heterocycles.